The Morgan fingerprint density at radius 3 is 1.15 bits per heavy atom. The maximum absolute atomic E-state index is 11.7. The Morgan fingerprint density at radius 2 is 0.898 bits per heavy atom. The van der Waals surface area contributed by atoms with Crippen molar-refractivity contribution in [1.82, 2.24) is 0 Å². The molecule has 0 aromatic carbocycles. The van der Waals surface area contributed by atoms with E-state index in [4.69, 9.17) is 9.56 Å². The van der Waals surface area contributed by atoms with Gasteiger partial charge in [0.15, 0.2) is 0 Å². The van der Waals surface area contributed by atoms with Crippen molar-refractivity contribution in [3.05, 3.63) is 28.2 Å². The van der Waals surface area contributed by atoms with E-state index in [0.717, 1.165) is 105 Å². The van der Waals surface area contributed by atoms with Crippen molar-refractivity contribution in [3.63, 3.8) is 0 Å². The molecule has 6 unspecified atom stereocenters. The van der Waals surface area contributed by atoms with Gasteiger partial charge in [-0.25, -0.2) is 17.1 Å². The molecule has 6 heterocycles. The fourth-order valence-corrected chi connectivity index (χ4v) is 15.5. The minimum atomic E-state index is -2.27. The van der Waals surface area contributed by atoms with Crippen molar-refractivity contribution in [2.24, 2.45) is 8.73 Å². The maximum Gasteiger partial charge on any atom is 0.0464 e. The van der Waals surface area contributed by atoms with Gasteiger partial charge in [-0.05, 0) is 68.6 Å². The summed E-state index contributed by atoms with van der Waals surface area (Å²) in [4.78, 5) is 0. The first-order valence-corrected chi connectivity index (χ1v) is 29.1. The molecule has 4 radical (unpaired) electrons. The molecule has 10 nitrogen and oxygen atoms in total. The summed E-state index contributed by atoms with van der Waals surface area (Å²) in [5.74, 6) is 7.10. The van der Waals surface area contributed by atoms with Crippen molar-refractivity contribution in [3.8, 4) is 0 Å². The molecule has 6 aliphatic heterocycles. The van der Waals surface area contributed by atoms with Gasteiger partial charge in [0.25, 0.3) is 0 Å². The van der Waals surface area contributed by atoms with Crippen LogP contribution in [0.15, 0.2) is 8.73 Å². The summed E-state index contributed by atoms with van der Waals surface area (Å²) in [6.07, 6.45) is 19.9. The van der Waals surface area contributed by atoms with Gasteiger partial charge in [0, 0.05) is 246 Å². The predicted octanol–water partition coefficient (Wildman–Crippen LogP) is 9.77. The summed E-state index contributed by atoms with van der Waals surface area (Å²) in [6, 6.07) is 0. The molecule has 6 rings (SSSR count). The molecule has 350 valence electrons. The zero-order valence-electron chi connectivity index (χ0n) is 35.0. The van der Waals surface area contributed by atoms with Crippen molar-refractivity contribution >= 4 is 60.5 Å². The molecule has 6 saturated heterocycles. The molecule has 0 spiro atoms. The second kappa shape index (κ2) is 45.0. The summed E-state index contributed by atoms with van der Waals surface area (Å²) >= 11 is 0. The van der Waals surface area contributed by atoms with E-state index in [2.05, 4.69) is 29.5 Å². The predicted molar refractivity (Wildman–Crippen MR) is 252 cm³/mol. The Labute approximate surface area is 475 Å². The van der Waals surface area contributed by atoms with E-state index in [0.29, 0.717) is 17.3 Å². The second-order valence-corrected chi connectivity index (χ2v) is 28.1. The van der Waals surface area contributed by atoms with E-state index in [1.54, 1.807) is 14.1 Å². The minimum absolute atomic E-state index is 0. The van der Waals surface area contributed by atoms with Gasteiger partial charge < -0.3 is 28.2 Å². The summed E-state index contributed by atoms with van der Waals surface area (Å²) < 4.78 is 88.8. The molecule has 0 saturated carbocycles. The van der Waals surface area contributed by atoms with Gasteiger partial charge in [-0.15, -0.1) is 0 Å². The molecule has 2 N–H and O–H groups in total. The van der Waals surface area contributed by atoms with Gasteiger partial charge in [-0.3, -0.25) is 26.4 Å². The number of hydrogen-bond donors (Lipinski definition) is 2. The van der Waals surface area contributed by atoms with Crippen molar-refractivity contribution in [2.45, 2.75) is 154 Å². The topological polar surface area (TPSA) is 175 Å². The molecule has 6 fully saturated rings. The molecule has 0 bridgehead atoms. The molecule has 6 atom stereocenters. The van der Waals surface area contributed by atoms with Crippen LogP contribution in [0.2, 0.25) is 0 Å². The van der Waals surface area contributed by atoms with Gasteiger partial charge in [0.1, 0.15) is 0 Å². The SMILES string of the molecule is C.C.C.CN=S1(=O)CCCCC1.N=S1(=O)CCCCC1.O=S1CCCCC1.[CH2-]C1CCCCS1(=N)=O.[CH2-]C1CCCCS1(=O)=NC.[CH2-]C1CCCCS1=O.[CH3-].[Y].[Y].[Y].[Y]. The van der Waals surface area contributed by atoms with Crippen LogP contribution in [0.25, 0.3) is 0 Å². The Hall–Kier alpha value is 4.52. The van der Waals surface area contributed by atoms with Crippen LogP contribution in [0.1, 0.15) is 138 Å². The molecule has 6 aliphatic rings. The van der Waals surface area contributed by atoms with Crippen molar-refractivity contribution in [1.29, 1.82) is 9.56 Å². The molecule has 59 heavy (non-hydrogen) atoms. The van der Waals surface area contributed by atoms with Gasteiger partial charge in [0.05, 0.1) is 0 Å². The third kappa shape index (κ3) is 38.1. The van der Waals surface area contributed by atoms with Gasteiger partial charge in [0.2, 0.25) is 0 Å². The number of nitrogens with one attached hydrogen (secondary N) is 2. The summed E-state index contributed by atoms with van der Waals surface area (Å²) in [5.41, 5.74) is 0. The van der Waals surface area contributed by atoms with E-state index >= 15 is 0 Å². The average Bonchev–Trinajstić information content (AvgIpc) is 3.11. The van der Waals surface area contributed by atoms with Gasteiger partial charge >= 0.3 is 0 Å². The number of rotatable bonds is 0. The number of nitrogens with zero attached hydrogens (tertiary/aromatic N) is 2. The van der Waals surface area contributed by atoms with Crippen LogP contribution in [-0.4, -0.2) is 107 Å². The van der Waals surface area contributed by atoms with Gasteiger partial charge in [-0.2, -0.15) is 0 Å². The third-order valence-electron chi connectivity index (χ3n) is 9.75. The zero-order chi connectivity index (χ0) is 38.4. The van der Waals surface area contributed by atoms with Crippen LogP contribution in [0.3, 0.4) is 0 Å². The Balaban J connectivity index is -0.0000000861. The van der Waals surface area contributed by atoms with Crippen LogP contribution in [0.5, 0.6) is 0 Å². The van der Waals surface area contributed by atoms with E-state index in [9.17, 15) is 25.3 Å². The minimum Gasteiger partial charge on any atom is -0.358 e. The van der Waals surface area contributed by atoms with Crippen molar-refractivity contribution < 1.29 is 156 Å². The zero-order valence-corrected chi connectivity index (χ0v) is 51.3. The third-order valence-corrected chi connectivity index (χ3v) is 22.3. The Morgan fingerprint density at radius 1 is 0.508 bits per heavy atom. The first kappa shape index (κ1) is 80.5. The molecule has 0 aromatic heterocycles. The number of hydrogen-bond acceptors (Lipinski definition) is 10. The summed E-state index contributed by atoms with van der Waals surface area (Å²) in [5, 5.41) is 0.196. The first-order valence-electron chi connectivity index (χ1n) is 18.9. The molecular weight excluding hydrogens is 1170 g/mol. The van der Waals surface area contributed by atoms with Crippen LogP contribution in [0, 0.1) is 37.8 Å². The summed E-state index contributed by atoms with van der Waals surface area (Å²) in [7, 11) is -5.67. The monoisotopic (exact) mass is 1250 g/mol. The van der Waals surface area contributed by atoms with Crippen LogP contribution < -0.4 is 0 Å². The fraction of sp³-hybridized carbons (Fsp3) is 0.897. The van der Waals surface area contributed by atoms with E-state index in [1.807, 2.05) is 0 Å². The van der Waals surface area contributed by atoms with E-state index < -0.39 is 60.5 Å². The molecule has 0 aromatic rings. The maximum atomic E-state index is 11.7. The average molecular weight is 1260 g/mol. The second-order valence-electron chi connectivity index (χ2n) is 14.1. The normalized spacial score (nSPS) is 29.8. The Bertz CT molecular complexity index is 1490. The molecule has 20 heteroatoms. The summed E-state index contributed by atoms with van der Waals surface area (Å²) in [6.45, 7) is 11.3. The Kier molecular flexibility index (Phi) is 61.4. The largest absolute Gasteiger partial charge is 0.358 e. The van der Waals surface area contributed by atoms with Crippen molar-refractivity contribution in [2.75, 3.05) is 65.9 Å². The van der Waals surface area contributed by atoms with E-state index in [-0.39, 0.29) is 176 Å². The van der Waals surface area contributed by atoms with Crippen LogP contribution >= 0.6 is 0 Å². The quantitative estimate of drug-likeness (QED) is 0.228. The molecular formula is C39H86N4O6S6Y4-4. The van der Waals surface area contributed by atoms with Crippen LogP contribution in [-0.2, 0) is 191 Å². The standard InChI is InChI=1S/C7H14NOS.C6H13NOS.C6H12NOS.C6H11OS.C5H11NOS.C5H10OS.3CH4.CH3.4Y/c1-7-5-3-4-6-10(7,9)8-2;1-7-9(8)5-3-2-4-6-9;1-6-4-2-3-5-9(6,7)8;1-6-4-2-3-5-8(6)7;6-8(7)4-2-1-3-5-8;6-7-4-2-1-3-5-7;;;;;;;;/h7H,1,3-6H2,2H3;2-6H2,1H3;6-7H,1-5H2;2*6H,1-5H2;1-5H2;3*1H4;1H3;;;;/q-1;;2*-1;;;;;;-1;;;;. The van der Waals surface area contributed by atoms with E-state index in [1.165, 1.54) is 44.9 Å². The molecule has 0 amide bonds. The fourth-order valence-electron chi connectivity index (χ4n) is 6.10. The van der Waals surface area contributed by atoms with Gasteiger partial charge in [-0.1, -0.05) is 95.8 Å². The first-order chi connectivity index (χ1) is 24.0. The smallest absolute Gasteiger partial charge is 0.0464 e. The molecule has 0 aliphatic carbocycles. The van der Waals surface area contributed by atoms with Crippen LogP contribution in [0.4, 0.5) is 0 Å².